The molecule has 17 heavy (non-hydrogen) atoms. The van der Waals surface area contributed by atoms with Gasteiger partial charge in [0.05, 0.1) is 5.56 Å². The monoisotopic (exact) mass is 277 g/mol. The van der Waals surface area contributed by atoms with Crippen LogP contribution in [0.1, 0.15) is 24.2 Å². The van der Waals surface area contributed by atoms with Crippen LogP contribution in [0, 0.1) is 11.7 Å². The molecule has 0 saturated heterocycles. The van der Waals surface area contributed by atoms with E-state index < -0.39 is 11.7 Å². The van der Waals surface area contributed by atoms with Crippen molar-refractivity contribution in [2.45, 2.75) is 19.9 Å². The SMILES string of the molecule is CC(CCl)C(C)NC(=O)c1ccc(Cl)cc1F. The van der Waals surface area contributed by atoms with E-state index in [0.717, 1.165) is 6.07 Å². The van der Waals surface area contributed by atoms with E-state index in [1.165, 1.54) is 12.1 Å². The molecule has 5 heteroatoms. The normalized spacial score (nSPS) is 14.2. The summed E-state index contributed by atoms with van der Waals surface area (Å²) in [5, 5.41) is 2.97. The lowest BCUT2D eigenvalue weighted by Crippen LogP contribution is -2.38. The fourth-order valence-corrected chi connectivity index (χ4v) is 1.66. The first kappa shape index (κ1) is 14.3. The van der Waals surface area contributed by atoms with Gasteiger partial charge in [0.1, 0.15) is 5.82 Å². The molecule has 0 aliphatic carbocycles. The minimum absolute atomic E-state index is 0.0111. The van der Waals surface area contributed by atoms with Gasteiger partial charge in [0.25, 0.3) is 5.91 Å². The highest BCUT2D eigenvalue weighted by Crippen LogP contribution is 2.15. The average Bonchev–Trinajstić information content (AvgIpc) is 2.27. The van der Waals surface area contributed by atoms with E-state index in [1.807, 2.05) is 13.8 Å². The molecule has 1 aromatic carbocycles. The minimum Gasteiger partial charge on any atom is -0.349 e. The largest absolute Gasteiger partial charge is 0.349 e. The quantitative estimate of drug-likeness (QED) is 0.839. The van der Waals surface area contributed by atoms with Gasteiger partial charge in [-0.1, -0.05) is 18.5 Å². The zero-order chi connectivity index (χ0) is 13.0. The number of benzene rings is 1. The maximum absolute atomic E-state index is 13.5. The molecule has 0 bridgehead atoms. The van der Waals surface area contributed by atoms with Crippen LogP contribution in [0.25, 0.3) is 0 Å². The van der Waals surface area contributed by atoms with Crippen molar-refractivity contribution >= 4 is 29.1 Å². The summed E-state index contributed by atoms with van der Waals surface area (Å²) in [6, 6.07) is 3.85. The van der Waals surface area contributed by atoms with Gasteiger partial charge in [-0.05, 0) is 31.0 Å². The Labute approximate surface area is 110 Å². The summed E-state index contributed by atoms with van der Waals surface area (Å²) in [6.07, 6.45) is 0. The Morgan fingerprint density at radius 3 is 2.65 bits per heavy atom. The first-order chi connectivity index (χ1) is 7.95. The second kappa shape index (κ2) is 6.22. The lowest BCUT2D eigenvalue weighted by atomic mass is 10.1. The third kappa shape index (κ3) is 3.86. The zero-order valence-corrected chi connectivity index (χ0v) is 11.1. The first-order valence-electron chi connectivity index (χ1n) is 5.27. The number of carbonyl (C=O) groups excluding carboxylic acids is 1. The van der Waals surface area contributed by atoms with Gasteiger partial charge in [-0.2, -0.15) is 0 Å². The average molecular weight is 278 g/mol. The van der Waals surface area contributed by atoms with Crippen molar-refractivity contribution in [2.75, 3.05) is 5.88 Å². The van der Waals surface area contributed by atoms with Crippen LogP contribution >= 0.6 is 23.2 Å². The topological polar surface area (TPSA) is 29.1 Å². The van der Waals surface area contributed by atoms with Crippen LogP contribution < -0.4 is 5.32 Å². The molecule has 2 unspecified atom stereocenters. The highest BCUT2D eigenvalue weighted by atomic mass is 35.5. The zero-order valence-electron chi connectivity index (χ0n) is 9.64. The number of carbonyl (C=O) groups is 1. The number of hydrogen-bond acceptors (Lipinski definition) is 1. The van der Waals surface area contributed by atoms with Gasteiger partial charge in [-0.15, -0.1) is 11.6 Å². The number of hydrogen-bond donors (Lipinski definition) is 1. The molecular weight excluding hydrogens is 264 g/mol. The van der Waals surface area contributed by atoms with Crippen LogP contribution in [0.4, 0.5) is 4.39 Å². The first-order valence-corrected chi connectivity index (χ1v) is 6.18. The predicted molar refractivity (Wildman–Crippen MR) is 68.2 cm³/mol. The van der Waals surface area contributed by atoms with Gasteiger partial charge < -0.3 is 5.32 Å². The van der Waals surface area contributed by atoms with Gasteiger partial charge in [-0.3, -0.25) is 4.79 Å². The smallest absolute Gasteiger partial charge is 0.254 e. The van der Waals surface area contributed by atoms with E-state index in [4.69, 9.17) is 23.2 Å². The molecule has 0 saturated carbocycles. The summed E-state index contributed by atoms with van der Waals surface area (Å²) in [5.41, 5.74) is -0.0111. The molecule has 1 N–H and O–H groups in total. The van der Waals surface area contributed by atoms with Crippen LogP contribution in [0.15, 0.2) is 18.2 Å². The number of halogens is 3. The standard InChI is InChI=1S/C12H14Cl2FNO/c1-7(6-13)8(2)16-12(17)10-4-3-9(14)5-11(10)15/h3-5,7-8H,6H2,1-2H3,(H,16,17). The molecule has 1 aromatic rings. The van der Waals surface area contributed by atoms with Crippen LogP contribution in [0.3, 0.4) is 0 Å². The van der Waals surface area contributed by atoms with Crippen molar-refractivity contribution in [3.05, 3.63) is 34.6 Å². The maximum atomic E-state index is 13.5. The van der Waals surface area contributed by atoms with Crippen LogP contribution in [0.5, 0.6) is 0 Å². The summed E-state index contributed by atoms with van der Waals surface area (Å²) in [7, 11) is 0. The van der Waals surface area contributed by atoms with Gasteiger partial charge in [0.15, 0.2) is 0 Å². The maximum Gasteiger partial charge on any atom is 0.254 e. The minimum atomic E-state index is -0.624. The van der Waals surface area contributed by atoms with Crippen molar-refractivity contribution in [1.82, 2.24) is 5.32 Å². The van der Waals surface area contributed by atoms with E-state index in [1.54, 1.807) is 0 Å². The number of rotatable bonds is 4. The molecule has 1 rings (SSSR count). The Morgan fingerprint density at radius 2 is 2.12 bits per heavy atom. The summed E-state index contributed by atoms with van der Waals surface area (Å²) < 4.78 is 13.5. The van der Waals surface area contributed by atoms with Crippen molar-refractivity contribution < 1.29 is 9.18 Å². The number of amides is 1. The van der Waals surface area contributed by atoms with E-state index in [0.29, 0.717) is 5.88 Å². The predicted octanol–water partition coefficient (Wildman–Crippen LogP) is 3.47. The van der Waals surface area contributed by atoms with E-state index in [9.17, 15) is 9.18 Å². The highest BCUT2D eigenvalue weighted by molar-refractivity contribution is 6.30. The second-order valence-electron chi connectivity index (χ2n) is 4.02. The molecule has 0 heterocycles. The van der Waals surface area contributed by atoms with Gasteiger partial charge in [0.2, 0.25) is 0 Å². The van der Waals surface area contributed by atoms with E-state index in [-0.39, 0.29) is 22.5 Å². The Kier molecular flexibility index (Phi) is 5.22. The van der Waals surface area contributed by atoms with Crippen LogP contribution in [0.2, 0.25) is 5.02 Å². The third-order valence-electron chi connectivity index (χ3n) is 2.63. The summed E-state index contributed by atoms with van der Waals surface area (Å²) >= 11 is 11.3. The van der Waals surface area contributed by atoms with Crippen molar-refractivity contribution in [2.24, 2.45) is 5.92 Å². The second-order valence-corrected chi connectivity index (χ2v) is 4.76. The Bertz CT molecular complexity index is 411. The van der Waals surface area contributed by atoms with Crippen LogP contribution in [-0.4, -0.2) is 17.8 Å². The number of nitrogens with one attached hydrogen (secondary N) is 1. The third-order valence-corrected chi connectivity index (χ3v) is 3.35. The molecule has 1 amide bonds. The fourth-order valence-electron chi connectivity index (χ4n) is 1.23. The van der Waals surface area contributed by atoms with Gasteiger partial charge in [0, 0.05) is 16.9 Å². The molecule has 0 spiro atoms. The summed E-state index contributed by atoms with van der Waals surface area (Å²) in [4.78, 5) is 11.8. The molecule has 0 radical (unpaired) electrons. The lowest BCUT2D eigenvalue weighted by molar-refractivity contribution is 0.0927. The summed E-state index contributed by atoms with van der Waals surface area (Å²) in [6.45, 7) is 3.74. The van der Waals surface area contributed by atoms with E-state index in [2.05, 4.69) is 5.32 Å². The fraction of sp³-hybridized carbons (Fsp3) is 0.417. The van der Waals surface area contributed by atoms with E-state index >= 15 is 0 Å². The molecule has 2 atom stereocenters. The van der Waals surface area contributed by atoms with Gasteiger partial charge in [-0.25, -0.2) is 4.39 Å². The highest BCUT2D eigenvalue weighted by Gasteiger charge is 2.17. The molecular formula is C12H14Cl2FNO. The van der Waals surface area contributed by atoms with Crippen LogP contribution in [-0.2, 0) is 0 Å². The Morgan fingerprint density at radius 1 is 1.47 bits per heavy atom. The number of alkyl halides is 1. The molecule has 94 valence electrons. The van der Waals surface area contributed by atoms with Gasteiger partial charge >= 0.3 is 0 Å². The molecule has 0 aliphatic heterocycles. The molecule has 0 aromatic heterocycles. The Hall–Kier alpha value is -0.800. The van der Waals surface area contributed by atoms with Crippen molar-refractivity contribution in [1.29, 1.82) is 0 Å². The van der Waals surface area contributed by atoms with Crippen molar-refractivity contribution in [3.8, 4) is 0 Å². The molecule has 2 nitrogen and oxygen atoms in total. The molecule has 0 fully saturated rings. The Balaban J connectivity index is 2.76. The molecule has 0 aliphatic rings. The lowest BCUT2D eigenvalue weighted by Gasteiger charge is -2.19. The summed E-state index contributed by atoms with van der Waals surface area (Å²) in [5.74, 6) is -0.523. The van der Waals surface area contributed by atoms with Crippen molar-refractivity contribution in [3.63, 3.8) is 0 Å².